The molecule has 3 rings (SSSR count). The van der Waals surface area contributed by atoms with Crippen LogP contribution in [0.1, 0.15) is 57.2 Å². The van der Waals surface area contributed by atoms with Crippen molar-refractivity contribution in [3.63, 3.8) is 0 Å². The predicted molar refractivity (Wildman–Crippen MR) is 97.2 cm³/mol. The molecule has 0 saturated carbocycles. The van der Waals surface area contributed by atoms with Gasteiger partial charge in [0.2, 0.25) is 0 Å². The molecule has 1 fully saturated rings. The summed E-state index contributed by atoms with van der Waals surface area (Å²) >= 11 is 0. The van der Waals surface area contributed by atoms with Crippen LogP contribution in [0.4, 0.5) is 5.82 Å². The Hall–Kier alpha value is -1.13. The Labute approximate surface area is 141 Å². The minimum Gasteiger partial charge on any atom is -0.377 e. The second-order valence-corrected chi connectivity index (χ2v) is 6.49. The van der Waals surface area contributed by atoms with E-state index in [4.69, 9.17) is 9.72 Å². The quantitative estimate of drug-likeness (QED) is 0.787. The van der Waals surface area contributed by atoms with Crippen LogP contribution < -0.4 is 10.6 Å². The number of pyridine rings is 1. The lowest BCUT2D eigenvalue weighted by molar-refractivity contribution is 0.0645. The van der Waals surface area contributed by atoms with Crippen LogP contribution in [0.5, 0.6) is 0 Å². The van der Waals surface area contributed by atoms with Gasteiger partial charge in [0.25, 0.3) is 0 Å². The van der Waals surface area contributed by atoms with Gasteiger partial charge in [0.1, 0.15) is 5.82 Å². The Morgan fingerprint density at radius 2 is 2.09 bits per heavy atom. The summed E-state index contributed by atoms with van der Waals surface area (Å²) in [6, 6.07) is 4.43. The standard InChI is InChI=1S/C16H25N3O.C3H8/c1(2-11-20-15-8-10-17-12-15)5-14-7-6-13-4-3-9-18-16(13)19-14;1-3-2/h6-7,15,17H,1-5,8-12H2,(H,18,19);3H2,1-2H3. The highest BCUT2D eigenvalue weighted by Gasteiger charge is 2.14. The van der Waals surface area contributed by atoms with E-state index in [2.05, 4.69) is 36.6 Å². The highest BCUT2D eigenvalue weighted by molar-refractivity contribution is 5.46. The third-order valence-electron chi connectivity index (χ3n) is 4.15. The second kappa shape index (κ2) is 10.6. The Kier molecular flexibility index (Phi) is 8.40. The van der Waals surface area contributed by atoms with E-state index in [9.17, 15) is 0 Å². The summed E-state index contributed by atoms with van der Waals surface area (Å²) in [6.45, 7) is 8.33. The number of nitrogens with zero attached hydrogens (tertiary/aromatic N) is 1. The molecule has 0 amide bonds. The van der Waals surface area contributed by atoms with Gasteiger partial charge in [0.05, 0.1) is 6.10 Å². The van der Waals surface area contributed by atoms with Gasteiger partial charge in [-0.15, -0.1) is 0 Å². The normalized spacial score (nSPS) is 19.5. The molecular formula is C19H33N3O. The van der Waals surface area contributed by atoms with Gasteiger partial charge in [-0.1, -0.05) is 26.3 Å². The molecule has 130 valence electrons. The lowest BCUT2D eigenvalue weighted by Gasteiger charge is -2.17. The molecule has 0 radical (unpaired) electrons. The summed E-state index contributed by atoms with van der Waals surface area (Å²) < 4.78 is 5.84. The van der Waals surface area contributed by atoms with E-state index in [0.717, 1.165) is 57.7 Å². The fraction of sp³-hybridized carbons (Fsp3) is 0.737. The van der Waals surface area contributed by atoms with Gasteiger partial charge in [-0.05, 0) is 56.7 Å². The Balaban J connectivity index is 0.000000595. The second-order valence-electron chi connectivity index (χ2n) is 6.49. The molecular weight excluding hydrogens is 286 g/mol. The predicted octanol–water partition coefficient (Wildman–Crippen LogP) is 3.56. The maximum absolute atomic E-state index is 5.84. The van der Waals surface area contributed by atoms with Crippen molar-refractivity contribution in [3.05, 3.63) is 23.4 Å². The van der Waals surface area contributed by atoms with E-state index in [1.165, 1.54) is 30.5 Å². The number of aryl methyl sites for hydroxylation is 2. The Bertz CT molecular complexity index is 444. The summed E-state index contributed by atoms with van der Waals surface area (Å²) in [5, 5.41) is 6.73. The highest BCUT2D eigenvalue weighted by Crippen LogP contribution is 2.20. The number of anilines is 1. The first kappa shape index (κ1) is 18.2. The monoisotopic (exact) mass is 319 g/mol. The van der Waals surface area contributed by atoms with Crippen molar-refractivity contribution in [3.8, 4) is 0 Å². The molecule has 0 aromatic carbocycles. The minimum atomic E-state index is 0.445. The summed E-state index contributed by atoms with van der Waals surface area (Å²) in [4.78, 5) is 4.73. The van der Waals surface area contributed by atoms with E-state index in [1.54, 1.807) is 0 Å². The number of ether oxygens (including phenoxy) is 1. The van der Waals surface area contributed by atoms with Gasteiger partial charge in [-0.3, -0.25) is 0 Å². The molecule has 1 saturated heterocycles. The van der Waals surface area contributed by atoms with E-state index in [1.807, 2.05) is 0 Å². The fourth-order valence-corrected chi connectivity index (χ4v) is 2.94. The Morgan fingerprint density at radius 3 is 2.87 bits per heavy atom. The maximum Gasteiger partial charge on any atom is 0.129 e. The van der Waals surface area contributed by atoms with Gasteiger partial charge in [-0.25, -0.2) is 4.98 Å². The molecule has 0 bridgehead atoms. The van der Waals surface area contributed by atoms with Crippen LogP contribution in [0.15, 0.2) is 12.1 Å². The number of aromatic nitrogens is 1. The number of hydrogen-bond donors (Lipinski definition) is 2. The van der Waals surface area contributed by atoms with Crippen LogP contribution >= 0.6 is 0 Å². The van der Waals surface area contributed by atoms with E-state index < -0.39 is 0 Å². The summed E-state index contributed by atoms with van der Waals surface area (Å²) in [6.07, 6.45) is 8.59. The molecule has 23 heavy (non-hydrogen) atoms. The van der Waals surface area contributed by atoms with Crippen molar-refractivity contribution in [2.75, 3.05) is 31.6 Å². The van der Waals surface area contributed by atoms with Gasteiger partial charge in [-0.2, -0.15) is 0 Å². The molecule has 3 heterocycles. The van der Waals surface area contributed by atoms with Gasteiger partial charge >= 0.3 is 0 Å². The number of fused-ring (bicyclic) bond motifs is 1. The first-order valence-electron chi connectivity index (χ1n) is 9.38. The van der Waals surface area contributed by atoms with Crippen molar-refractivity contribution in [1.29, 1.82) is 0 Å². The summed E-state index contributed by atoms with van der Waals surface area (Å²) in [5.41, 5.74) is 2.58. The third kappa shape index (κ3) is 6.48. The lowest BCUT2D eigenvalue weighted by Crippen LogP contribution is -2.17. The van der Waals surface area contributed by atoms with Crippen molar-refractivity contribution in [2.45, 2.75) is 64.9 Å². The average Bonchev–Trinajstić information content (AvgIpc) is 3.08. The molecule has 1 atom stereocenters. The molecule has 0 spiro atoms. The molecule has 4 nitrogen and oxygen atoms in total. The van der Waals surface area contributed by atoms with E-state index in [0.29, 0.717) is 6.10 Å². The summed E-state index contributed by atoms with van der Waals surface area (Å²) in [7, 11) is 0. The lowest BCUT2D eigenvalue weighted by atomic mass is 10.1. The molecule has 2 aliphatic heterocycles. The molecule has 1 aromatic heterocycles. The maximum atomic E-state index is 5.84. The van der Waals surface area contributed by atoms with Crippen molar-refractivity contribution in [2.24, 2.45) is 0 Å². The van der Waals surface area contributed by atoms with Crippen molar-refractivity contribution < 1.29 is 4.74 Å². The van der Waals surface area contributed by atoms with Crippen molar-refractivity contribution >= 4 is 5.82 Å². The molecule has 0 aliphatic carbocycles. The highest BCUT2D eigenvalue weighted by atomic mass is 16.5. The van der Waals surface area contributed by atoms with Gasteiger partial charge in [0, 0.05) is 25.4 Å². The fourth-order valence-electron chi connectivity index (χ4n) is 2.94. The summed E-state index contributed by atoms with van der Waals surface area (Å²) in [5.74, 6) is 1.11. The SMILES string of the molecule is CCC.c1cc2c(nc1CCCCOC1CCNC1)NCCC2. The first-order valence-corrected chi connectivity index (χ1v) is 9.38. The minimum absolute atomic E-state index is 0.445. The average molecular weight is 319 g/mol. The molecule has 4 heteroatoms. The van der Waals surface area contributed by atoms with Crippen LogP contribution in [0.25, 0.3) is 0 Å². The molecule has 2 aliphatic rings. The van der Waals surface area contributed by atoms with E-state index >= 15 is 0 Å². The van der Waals surface area contributed by atoms with Crippen LogP contribution in [0.2, 0.25) is 0 Å². The zero-order chi connectivity index (χ0) is 16.3. The van der Waals surface area contributed by atoms with Crippen molar-refractivity contribution in [1.82, 2.24) is 10.3 Å². The van der Waals surface area contributed by atoms with Crippen LogP contribution in [0, 0.1) is 0 Å². The largest absolute Gasteiger partial charge is 0.377 e. The van der Waals surface area contributed by atoms with Crippen LogP contribution in [-0.4, -0.2) is 37.3 Å². The van der Waals surface area contributed by atoms with E-state index in [-0.39, 0.29) is 0 Å². The number of rotatable bonds is 6. The zero-order valence-electron chi connectivity index (χ0n) is 14.9. The van der Waals surface area contributed by atoms with Crippen LogP contribution in [-0.2, 0) is 17.6 Å². The first-order chi connectivity index (χ1) is 11.3. The smallest absolute Gasteiger partial charge is 0.129 e. The number of unbranched alkanes of at least 4 members (excludes halogenated alkanes) is 1. The molecule has 2 N–H and O–H groups in total. The zero-order valence-corrected chi connectivity index (χ0v) is 14.9. The molecule has 1 unspecified atom stereocenters. The topological polar surface area (TPSA) is 46.2 Å². The number of nitrogens with one attached hydrogen (secondary N) is 2. The number of hydrogen-bond acceptors (Lipinski definition) is 4. The third-order valence-corrected chi connectivity index (χ3v) is 4.15. The van der Waals surface area contributed by atoms with Gasteiger partial charge < -0.3 is 15.4 Å². The van der Waals surface area contributed by atoms with Crippen LogP contribution in [0.3, 0.4) is 0 Å². The van der Waals surface area contributed by atoms with Gasteiger partial charge in [0.15, 0.2) is 0 Å². The Morgan fingerprint density at radius 1 is 1.22 bits per heavy atom. The molecule has 1 aromatic rings.